The predicted octanol–water partition coefficient (Wildman–Crippen LogP) is 8.58. The van der Waals surface area contributed by atoms with Gasteiger partial charge in [-0.1, -0.05) is 88.3 Å². The van der Waals surface area contributed by atoms with Crippen molar-refractivity contribution in [2.24, 2.45) is 0 Å². The summed E-state index contributed by atoms with van der Waals surface area (Å²) < 4.78 is 104. The highest BCUT2D eigenvalue weighted by atomic mass is 31.1. The van der Waals surface area contributed by atoms with E-state index in [9.17, 15) is 4.57 Å². The molecule has 4 aromatic rings. The van der Waals surface area contributed by atoms with E-state index in [1.165, 1.54) is 97.1 Å². The second-order valence-corrected chi connectivity index (χ2v) is 12.2. The van der Waals surface area contributed by atoms with Gasteiger partial charge in [0.1, 0.15) is 35.5 Å². The molecule has 10 heteroatoms. The summed E-state index contributed by atoms with van der Waals surface area (Å²) in [5.74, 6) is -4.48. The summed E-state index contributed by atoms with van der Waals surface area (Å²) in [6.07, 6.45) is 0.135. The fraction of sp³-hybridized carbons (Fsp3) is 0.294. The van der Waals surface area contributed by atoms with Crippen molar-refractivity contribution in [1.29, 1.82) is 0 Å². The van der Waals surface area contributed by atoms with Crippen LogP contribution in [0.25, 0.3) is 0 Å². The van der Waals surface area contributed by atoms with Gasteiger partial charge in [0.15, 0.2) is 5.79 Å². The normalized spacial score (nSPS) is 23.7. The van der Waals surface area contributed by atoms with Gasteiger partial charge in [0.05, 0.1) is 0 Å². The highest BCUT2D eigenvalue weighted by Gasteiger charge is 2.74. The van der Waals surface area contributed by atoms with E-state index in [0.717, 1.165) is 6.42 Å². The van der Waals surface area contributed by atoms with Crippen LogP contribution in [0.1, 0.15) is 54.4 Å². The molecule has 3 aliphatic rings. The molecule has 2 aliphatic heterocycles. The van der Waals surface area contributed by atoms with E-state index in [-0.39, 0.29) is 22.3 Å². The molecule has 0 bridgehead atoms. The zero-order valence-electron chi connectivity index (χ0n) is 23.4. The molecule has 0 N–H and O–H groups in total. The van der Waals surface area contributed by atoms with Gasteiger partial charge in [-0.2, -0.15) is 0 Å². The Kier molecular flexibility index (Phi) is 7.42. The molecule has 226 valence electrons. The summed E-state index contributed by atoms with van der Waals surface area (Å²) in [5.41, 5.74) is -5.31. The van der Waals surface area contributed by atoms with E-state index in [2.05, 4.69) is 0 Å². The maximum absolute atomic E-state index is 16.0. The van der Waals surface area contributed by atoms with Crippen molar-refractivity contribution in [2.45, 2.75) is 61.3 Å². The fourth-order valence-electron chi connectivity index (χ4n) is 7.04. The molecule has 44 heavy (non-hydrogen) atoms. The SMILES string of the molecule is O=[P+]1OC(c2ccccc2F)(c2ccccc2F)[C@@H]2OC3(CCCCC3)O[C@H]2C(c2ccccc2F)(c2ccccc2F)O1. The highest BCUT2D eigenvalue weighted by molar-refractivity contribution is 7.33. The minimum absolute atomic E-state index is 0.193. The molecule has 1 saturated carbocycles. The Balaban J connectivity index is 1.61. The summed E-state index contributed by atoms with van der Waals surface area (Å²) in [5, 5.41) is 0. The Morgan fingerprint density at radius 2 is 0.841 bits per heavy atom. The Hall–Kier alpha value is -3.46. The number of hydrogen-bond acceptors (Lipinski definition) is 5. The summed E-state index contributed by atoms with van der Waals surface area (Å²) in [6.45, 7) is 0. The maximum atomic E-state index is 16.0. The Morgan fingerprint density at radius 1 is 0.523 bits per heavy atom. The first-order chi connectivity index (χ1) is 21.3. The van der Waals surface area contributed by atoms with Gasteiger partial charge < -0.3 is 9.47 Å². The van der Waals surface area contributed by atoms with Crippen molar-refractivity contribution in [2.75, 3.05) is 0 Å². The lowest BCUT2D eigenvalue weighted by molar-refractivity contribution is -0.215. The van der Waals surface area contributed by atoms with E-state index in [4.69, 9.17) is 18.5 Å². The van der Waals surface area contributed by atoms with Crippen molar-refractivity contribution in [1.82, 2.24) is 0 Å². The van der Waals surface area contributed by atoms with Gasteiger partial charge in [-0.25, -0.2) is 17.6 Å². The van der Waals surface area contributed by atoms with E-state index >= 15 is 17.6 Å². The molecule has 0 radical (unpaired) electrons. The van der Waals surface area contributed by atoms with E-state index in [1.54, 1.807) is 0 Å². The summed E-state index contributed by atoms with van der Waals surface area (Å²) in [7, 11) is -3.37. The quantitative estimate of drug-likeness (QED) is 0.168. The second-order valence-electron chi connectivity index (χ2n) is 11.3. The van der Waals surface area contributed by atoms with Gasteiger partial charge in [0.2, 0.25) is 11.2 Å². The van der Waals surface area contributed by atoms with Crippen LogP contribution < -0.4 is 0 Å². The van der Waals surface area contributed by atoms with Crippen LogP contribution in [0.4, 0.5) is 17.6 Å². The van der Waals surface area contributed by atoms with Crippen molar-refractivity contribution < 1.29 is 40.6 Å². The molecule has 7 rings (SSSR count). The van der Waals surface area contributed by atoms with Gasteiger partial charge in [-0.15, -0.1) is 0 Å². The molecular weight excluding hydrogens is 595 g/mol. The van der Waals surface area contributed by atoms with Crippen LogP contribution in [0.2, 0.25) is 0 Å². The first-order valence-electron chi connectivity index (χ1n) is 14.5. The molecule has 0 aromatic heterocycles. The molecule has 3 fully saturated rings. The number of hydrogen-bond donors (Lipinski definition) is 0. The van der Waals surface area contributed by atoms with E-state index < -0.39 is 60.7 Å². The maximum Gasteiger partial charge on any atom is 0.700 e. The number of ether oxygens (including phenoxy) is 2. The summed E-state index contributed by atoms with van der Waals surface area (Å²) in [4.78, 5) is 0. The van der Waals surface area contributed by atoms with Gasteiger partial charge in [0.25, 0.3) is 0 Å². The predicted molar refractivity (Wildman–Crippen MR) is 152 cm³/mol. The van der Waals surface area contributed by atoms with Gasteiger partial charge in [0, 0.05) is 39.7 Å². The lowest BCUT2D eigenvalue weighted by atomic mass is 9.71. The lowest BCUT2D eigenvalue weighted by Crippen LogP contribution is -2.54. The minimum Gasteiger partial charge on any atom is -0.340 e. The molecular formula is C34H28F4O5P+. The molecule has 1 spiro atoms. The standard InChI is InChI=1S/C34H28F4O5P/c35-26-16-6-2-12-22(26)33(23-13-3-7-17-27(23)36)30-31(41-32(40-30)20-10-1-11-21-32)34(43-44(39)42-33,24-14-4-8-18-28(24)37)25-15-5-9-19-29(25)38/h2-9,12-19,30-31H,1,10-11,20-21H2/q+1/t30-,31-/m1/s1. The molecule has 1 aliphatic carbocycles. The van der Waals surface area contributed by atoms with Crippen molar-refractivity contribution in [3.63, 3.8) is 0 Å². The Bertz CT molecular complexity index is 1520. The topological polar surface area (TPSA) is 54.0 Å². The molecule has 2 saturated heterocycles. The Morgan fingerprint density at radius 3 is 1.16 bits per heavy atom. The largest absolute Gasteiger partial charge is 0.700 e. The number of fused-ring (bicyclic) bond motifs is 1. The zero-order chi connectivity index (χ0) is 30.5. The van der Waals surface area contributed by atoms with Crippen LogP contribution in [0.15, 0.2) is 97.1 Å². The molecule has 5 nitrogen and oxygen atoms in total. The first kappa shape index (κ1) is 29.3. The first-order valence-corrected chi connectivity index (χ1v) is 15.6. The van der Waals surface area contributed by atoms with Crippen LogP contribution in [0, 0.1) is 23.3 Å². The van der Waals surface area contributed by atoms with Crippen LogP contribution >= 0.6 is 8.25 Å². The average Bonchev–Trinajstić information content (AvgIpc) is 3.35. The fourth-order valence-corrected chi connectivity index (χ4v) is 8.15. The van der Waals surface area contributed by atoms with Crippen LogP contribution in [-0.4, -0.2) is 18.0 Å². The van der Waals surface area contributed by atoms with E-state index in [1.807, 2.05) is 0 Å². The highest BCUT2D eigenvalue weighted by Crippen LogP contribution is 2.63. The van der Waals surface area contributed by atoms with Crippen LogP contribution in [-0.2, 0) is 34.3 Å². The van der Waals surface area contributed by atoms with Gasteiger partial charge in [-0.05, 0) is 37.1 Å². The number of rotatable bonds is 4. The molecule has 0 amide bonds. The molecule has 2 heterocycles. The number of halogens is 4. The lowest BCUT2D eigenvalue weighted by Gasteiger charge is -2.38. The smallest absolute Gasteiger partial charge is 0.340 e. The Labute approximate surface area is 252 Å². The number of benzene rings is 4. The molecule has 0 unspecified atom stereocenters. The monoisotopic (exact) mass is 623 g/mol. The van der Waals surface area contributed by atoms with Crippen LogP contribution in [0.5, 0.6) is 0 Å². The van der Waals surface area contributed by atoms with E-state index in [0.29, 0.717) is 25.7 Å². The summed E-state index contributed by atoms with van der Waals surface area (Å²) >= 11 is 0. The average molecular weight is 624 g/mol. The molecule has 4 aromatic carbocycles. The zero-order valence-corrected chi connectivity index (χ0v) is 24.3. The van der Waals surface area contributed by atoms with Gasteiger partial charge >= 0.3 is 8.25 Å². The van der Waals surface area contributed by atoms with Crippen molar-refractivity contribution in [3.05, 3.63) is 143 Å². The van der Waals surface area contributed by atoms with Gasteiger partial charge in [-0.3, -0.25) is 0 Å². The third-order valence-electron chi connectivity index (χ3n) is 8.91. The van der Waals surface area contributed by atoms with Crippen molar-refractivity contribution in [3.8, 4) is 0 Å². The molecule has 2 atom stereocenters. The minimum atomic E-state index is -3.37. The third kappa shape index (κ3) is 4.44. The third-order valence-corrected chi connectivity index (χ3v) is 9.78. The second kappa shape index (κ2) is 11.2. The van der Waals surface area contributed by atoms with Crippen LogP contribution in [0.3, 0.4) is 0 Å². The van der Waals surface area contributed by atoms with Crippen molar-refractivity contribution >= 4 is 8.25 Å². The summed E-state index contributed by atoms with van der Waals surface area (Å²) in [6, 6.07) is 22.2.